The van der Waals surface area contributed by atoms with E-state index in [1.54, 1.807) is 11.3 Å². The van der Waals surface area contributed by atoms with Crippen molar-refractivity contribution in [1.82, 2.24) is 20.5 Å². The molecule has 0 spiro atoms. The Balaban J connectivity index is 1.68. The Labute approximate surface area is 138 Å². The fourth-order valence-electron chi connectivity index (χ4n) is 2.57. The minimum atomic E-state index is 0.493. The molecule has 6 heteroatoms. The predicted molar refractivity (Wildman–Crippen MR) is 94.7 cm³/mol. The lowest BCUT2D eigenvalue weighted by atomic mass is 10.1. The summed E-state index contributed by atoms with van der Waals surface area (Å²) in [5.41, 5.74) is 1.18. The van der Waals surface area contributed by atoms with Crippen molar-refractivity contribution in [1.29, 1.82) is 0 Å². The second kappa shape index (κ2) is 9.10. The maximum atomic E-state index is 4.63. The summed E-state index contributed by atoms with van der Waals surface area (Å²) in [6.07, 6.45) is 4.07. The van der Waals surface area contributed by atoms with Gasteiger partial charge in [-0.15, -0.1) is 11.3 Å². The van der Waals surface area contributed by atoms with Gasteiger partial charge in [0, 0.05) is 25.5 Å². The lowest BCUT2D eigenvalue weighted by Crippen LogP contribution is -2.42. The maximum Gasteiger partial charge on any atom is 0.191 e. The first-order chi connectivity index (χ1) is 10.7. The third kappa shape index (κ3) is 5.57. The zero-order chi connectivity index (χ0) is 15.8. The van der Waals surface area contributed by atoms with Gasteiger partial charge in [-0.25, -0.2) is 4.98 Å². The van der Waals surface area contributed by atoms with E-state index in [4.69, 9.17) is 0 Å². The molecule has 5 nitrogen and oxygen atoms in total. The molecule has 0 radical (unpaired) electrons. The van der Waals surface area contributed by atoms with Crippen LogP contribution in [-0.4, -0.2) is 49.1 Å². The largest absolute Gasteiger partial charge is 0.355 e. The zero-order valence-electron chi connectivity index (χ0n) is 14.1. The first kappa shape index (κ1) is 17.2. The molecule has 2 heterocycles. The molecule has 0 aliphatic carbocycles. The highest BCUT2D eigenvalue weighted by Gasteiger charge is 2.10. The van der Waals surface area contributed by atoms with Crippen LogP contribution in [0.5, 0.6) is 0 Å². The molecule has 2 N–H and O–H groups in total. The Kier molecular flexibility index (Phi) is 7.12. The zero-order valence-corrected chi connectivity index (χ0v) is 14.9. The number of rotatable bonds is 6. The van der Waals surface area contributed by atoms with Gasteiger partial charge in [-0.05, 0) is 31.8 Å². The Morgan fingerprint density at radius 1 is 1.32 bits per heavy atom. The van der Waals surface area contributed by atoms with Crippen LogP contribution in [0.15, 0.2) is 10.4 Å². The lowest BCUT2D eigenvalue weighted by molar-refractivity contribution is 0.232. The third-order valence-electron chi connectivity index (χ3n) is 3.96. The van der Waals surface area contributed by atoms with Crippen LogP contribution >= 0.6 is 11.3 Å². The van der Waals surface area contributed by atoms with Crippen molar-refractivity contribution in [2.45, 2.75) is 45.6 Å². The van der Waals surface area contributed by atoms with Crippen LogP contribution in [0.2, 0.25) is 0 Å². The van der Waals surface area contributed by atoms with Crippen LogP contribution < -0.4 is 10.6 Å². The van der Waals surface area contributed by atoms with Crippen LogP contribution in [0.3, 0.4) is 0 Å². The summed E-state index contributed by atoms with van der Waals surface area (Å²) < 4.78 is 0. The van der Waals surface area contributed by atoms with Crippen molar-refractivity contribution in [3.05, 3.63) is 16.1 Å². The predicted octanol–water partition coefficient (Wildman–Crippen LogP) is 2.42. The normalized spacial score (nSPS) is 17.0. The smallest absolute Gasteiger partial charge is 0.191 e. The van der Waals surface area contributed by atoms with Gasteiger partial charge in [-0.1, -0.05) is 20.3 Å². The summed E-state index contributed by atoms with van der Waals surface area (Å²) in [7, 11) is 1.82. The van der Waals surface area contributed by atoms with Crippen molar-refractivity contribution in [2.75, 3.05) is 33.2 Å². The number of thiazole rings is 1. The second-order valence-corrected chi connectivity index (χ2v) is 7.02. The van der Waals surface area contributed by atoms with Crippen molar-refractivity contribution in [2.24, 2.45) is 4.99 Å². The quantitative estimate of drug-likeness (QED) is 0.623. The maximum absolute atomic E-state index is 4.63. The number of nitrogens with zero attached hydrogens (tertiary/aromatic N) is 3. The van der Waals surface area contributed by atoms with E-state index in [9.17, 15) is 0 Å². The van der Waals surface area contributed by atoms with E-state index < -0.39 is 0 Å². The molecule has 0 aromatic carbocycles. The Morgan fingerprint density at radius 3 is 2.73 bits per heavy atom. The van der Waals surface area contributed by atoms with Crippen molar-refractivity contribution in [3.8, 4) is 0 Å². The minimum Gasteiger partial charge on any atom is -0.355 e. The Hall–Kier alpha value is -1.14. The van der Waals surface area contributed by atoms with Crippen molar-refractivity contribution >= 4 is 17.3 Å². The van der Waals surface area contributed by atoms with Crippen LogP contribution in [0.1, 0.15) is 49.7 Å². The van der Waals surface area contributed by atoms with Gasteiger partial charge in [0.25, 0.3) is 0 Å². The Bertz CT molecular complexity index is 463. The lowest BCUT2D eigenvalue weighted by Gasteiger charge is -2.26. The van der Waals surface area contributed by atoms with Gasteiger partial charge in [0.05, 0.1) is 12.2 Å². The van der Waals surface area contributed by atoms with Gasteiger partial charge in [0.1, 0.15) is 5.01 Å². The van der Waals surface area contributed by atoms with E-state index in [0.29, 0.717) is 5.92 Å². The summed E-state index contributed by atoms with van der Waals surface area (Å²) in [5, 5.41) is 10.00. The number of piperidine rings is 1. The summed E-state index contributed by atoms with van der Waals surface area (Å²) in [6, 6.07) is 0. The molecule has 0 saturated carbocycles. The molecule has 0 atom stereocenters. The molecule has 124 valence electrons. The van der Waals surface area contributed by atoms with Crippen LogP contribution in [-0.2, 0) is 6.54 Å². The second-order valence-electron chi connectivity index (χ2n) is 6.08. The molecule has 1 fully saturated rings. The molecular formula is C16H29N5S. The standard InChI is InChI=1S/C16H29N5S/c1-13(2)14-12-22-15(20-14)11-19-16(17-3)18-7-10-21-8-5-4-6-9-21/h12-13H,4-11H2,1-3H3,(H2,17,18,19). The van der Waals surface area contributed by atoms with Gasteiger partial charge in [-0.2, -0.15) is 0 Å². The van der Waals surface area contributed by atoms with E-state index >= 15 is 0 Å². The monoisotopic (exact) mass is 323 g/mol. The van der Waals surface area contributed by atoms with Crippen molar-refractivity contribution < 1.29 is 0 Å². The van der Waals surface area contributed by atoms with Crippen molar-refractivity contribution in [3.63, 3.8) is 0 Å². The van der Waals surface area contributed by atoms with E-state index in [1.165, 1.54) is 38.0 Å². The molecule has 0 amide bonds. The average molecular weight is 324 g/mol. The molecule has 0 unspecified atom stereocenters. The minimum absolute atomic E-state index is 0.493. The molecule has 1 aromatic heterocycles. The molecule has 0 bridgehead atoms. The van der Waals surface area contributed by atoms with Gasteiger partial charge in [0.15, 0.2) is 5.96 Å². The number of hydrogen-bond donors (Lipinski definition) is 2. The molecule has 1 aromatic rings. The van der Waals surface area contributed by atoms with E-state index in [2.05, 4.69) is 44.7 Å². The molecule has 1 saturated heterocycles. The molecule has 1 aliphatic heterocycles. The average Bonchev–Trinajstić information content (AvgIpc) is 3.01. The van der Waals surface area contributed by atoms with E-state index in [-0.39, 0.29) is 0 Å². The first-order valence-corrected chi connectivity index (χ1v) is 9.18. The molecular weight excluding hydrogens is 294 g/mol. The van der Waals surface area contributed by atoms with Gasteiger partial charge >= 0.3 is 0 Å². The summed E-state index contributed by atoms with van der Waals surface area (Å²) in [4.78, 5) is 11.4. The van der Waals surface area contributed by atoms with Gasteiger partial charge < -0.3 is 15.5 Å². The fraction of sp³-hybridized carbons (Fsp3) is 0.750. The van der Waals surface area contributed by atoms with Crippen LogP contribution in [0, 0.1) is 0 Å². The Morgan fingerprint density at radius 2 is 2.09 bits per heavy atom. The van der Waals surface area contributed by atoms with Crippen LogP contribution in [0.25, 0.3) is 0 Å². The summed E-state index contributed by atoms with van der Waals surface area (Å²) in [5.74, 6) is 1.35. The SMILES string of the molecule is CN=C(NCCN1CCCCC1)NCc1nc(C(C)C)cs1. The third-order valence-corrected chi connectivity index (χ3v) is 4.83. The fourth-order valence-corrected chi connectivity index (χ4v) is 3.46. The highest BCUT2D eigenvalue weighted by molar-refractivity contribution is 7.09. The van der Waals surface area contributed by atoms with E-state index in [0.717, 1.165) is 30.6 Å². The van der Waals surface area contributed by atoms with Gasteiger partial charge in [-0.3, -0.25) is 4.99 Å². The summed E-state index contributed by atoms with van der Waals surface area (Å²) in [6.45, 7) is 9.60. The summed E-state index contributed by atoms with van der Waals surface area (Å²) >= 11 is 1.71. The molecule has 2 rings (SSSR count). The van der Waals surface area contributed by atoms with Crippen LogP contribution in [0.4, 0.5) is 0 Å². The topological polar surface area (TPSA) is 52.6 Å². The van der Waals surface area contributed by atoms with E-state index in [1.807, 2.05) is 7.05 Å². The number of likely N-dealkylation sites (tertiary alicyclic amines) is 1. The number of nitrogens with one attached hydrogen (secondary N) is 2. The van der Waals surface area contributed by atoms with Gasteiger partial charge in [0.2, 0.25) is 0 Å². The highest BCUT2D eigenvalue weighted by atomic mass is 32.1. The number of aromatic nitrogens is 1. The highest BCUT2D eigenvalue weighted by Crippen LogP contribution is 2.17. The molecule has 22 heavy (non-hydrogen) atoms. The number of hydrogen-bond acceptors (Lipinski definition) is 4. The number of aliphatic imine (C=N–C) groups is 1. The molecule has 1 aliphatic rings. The first-order valence-electron chi connectivity index (χ1n) is 8.30. The number of guanidine groups is 1.